The van der Waals surface area contributed by atoms with Crippen molar-refractivity contribution in [2.75, 3.05) is 0 Å². The largest absolute Gasteiger partial charge is 0.391 e. The first-order chi connectivity index (χ1) is 2.81. The maximum absolute atomic E-state index is 9.83. The van der Waals surface area contributed by atoms with Gasteiger partial charge in [0.15, 0.2) is 23.0 Å². The SMILES string of the molecule is C=CC(=O)OI. The van der Waals surface area contributed by atoms with Crippen molar-refractivity contribution in [2.45, 2.75) is 0 Å². The van der Waals surface area contributed by atoms with Gasteiger partial charge in [-0.1, -0.05) is 6.58 Å². The molecule has 0 fully saturated rings. The third-order valence-corrected chi connectivity index (χ3v) is 0.677. The highest BCUT2D eigenvalue weighted by atomic mass is 127. The van der Waals surface area contributed by atoms with E-state index in [1.54, 1.807) is 0 Å². The Hall–Kier alpha value is -0.0600. The quantitative estimate of drug-likeness (QED) is 0.465. The van der Waals surface area contributed by atoms with Gasteiger partial charge in [-0.25, -0.2) is 4.79 Å². The van der Waals surface area contributed by atoms with Crippen LogP contribution in [0.2, 0.25) is 0 Å². The summed E-state index contributed by atoms with van der Waals surface area (Å²) in [5.41, 5.74) is 0. The molecule has 6 heavy (non-hydrogen) atoms. The summed E-state index contributed by atoms with van der Waals surface area (Å²) >= 11 is 1.49. The Morgan fingerprint density at radius 1 is 2.00 bits per heavy atom. The molecule has 0 aromatic rings. The van der Waals surface area contributed by atoms with Gasteiger partial charge < -0.3 is 3.07 Å². The van der Waals surface area contributed by atoms with Gasteiger partial charge in [0.05, 0.1) is 0 Å². The molecule has 2 nitrogen and oxygen atoms in total. The van der Waals surface area contributed by atoms with E-state index in [1.807, 2.05) is 0 Å². The zero-order chi connectivity index (χ0) is 4.99. The van der Waals surface area contributed by atoms with Gasteiger partial charge in [-0.3, -0.25) is 0 Å². The number of halogens is 1. The standard InChI is InChI=1S/C3H3IO2/c1-2-3(5)6-4/h2H,1H2. The monoisotopic (exact) mass is 198 g/mol. The molecular weight excluding hydrogens is 195 g/mol. The first-order valence-electron chi connectivity index (χ1n) is 1.26. The highest BCUT2D eigenvalue weighted by molar-refractivity contribution is 14.1. The molecule has 0 aliphatic carbocycles. The molecule has 34 valence electrons. The predicted octanol–water partition coefficient (Wildman–Crippen LogP) is 1.07. The Morgan fingerprint density at radius 2 is 2.50 bits per heavy atom. The summed E-state index contributed by atoms with van der Waals surface area (Å²) in [5.74, 6) is -0.407. The first kappa shape index (κ1) is 5.94. The van der Waals surface area contributed by atoms with Crippen molar-refractivity contribution in [3.63, 3.8) is 0 Å². The van der Waals surface area contributed by atoms with Crippen LogP contribution >= 0.6 is 23.0 Å². The smallest absolute Gasteiger partial charge is 0.339 e. The highest BCUT2D eigenvalue weighted by Crippen LogP contribution is 1.85. The fraction of sp³-hybridized carbons (Fsp3) is 0. The van der Waals surface area contributed by atoms with E-state index in [9.17, 15) is 4.79 Å². The van der Waals surface area contributed by atoms with E-state index in [4.69, 9.17) is 0 Å². The number of rotatable bonds is 1. The fourth-order valence-corrected chi connectivity index (χ4v) is 0.211. The molecule has 0 spiro atoms. The number of carbonyl (C=O) groups is 1. The van der Waals surface area contributed by atoms with E-state index in [2.05, 4.69) is 9.65 Å². The summed E-state index contributed by atoms with van der Waals surface area (Å²) < 4.78 is 4.11. The molecule has 0 aromatic carbocycles. The molecule has 0 unspecified atom stereocenters. The van der Waals surface area contributed by atoms with E-state index in [0.717, 1.165) is 6.08 Å². The molecule has 0 bridgehead atoms. The van der Waals surface area contributed by atoms with Gasteiger partial charge in [0, 0.05) is 6.08 Å². The zero-order valence-corrected chi connectivity index (χ0v) is 5.14. The third-order valence-electron chi connectivity index (χ3n) is 0.243. The number of hydrogen-bond donors (Lipinski definition) is 0. The van der Waals surface area contributed by atoms with Crippen LogP contribution in [0.3, 0.4) is 0 Å². The van der Waals surface area contributed by atoms with Crippen molar-refractivity contribution < 1.29 is 7.86 Å². The Labute approximate surface area is 49.9 Å². The lowest BCUT2D eigenvalue weighted by Gasteiger charge is -1.78. The molecular formula is C3H3IO2. The van der Waals surface area contributed by atoms with Crippen molar-refractivity contribution >= 4 is 29.0 Å². The predicted molar refractivity (Wildman–Crippen MR) is 30.3 cm³/mol. The molecule has 0 amide bonds. The van der Waals surface area contributed by atoms with Crippen molar-refractivity contribution in [1.82, 2.24) is 0 Å². The normalized spacial score (nSPS) is 6.83. The topological polar surface area (TPSA) is 26.3 Å². The van der Waals surface area contributed by atoms with Gasteiger partial charge in [0.1, 0.15) is 0 Å². The molecule has 3 heteroatoms. The minimum atomic E-state index is -0.407. The van der Waals surface area contributed by atoms with Crippen LogP contribution in [0.1, 0.15) is 0 Å². The van der Waals surface area contributed by atoms with Gasteiger partial charge >= 0.3 is 5.97 Å². The summed E-state index contributed by atoms with van der Waals surface area (Å²) in [6, 6.07) is 0. The second-order valence-electron chi connectivity index (χ2n) is 0.600. The van der Waals surface area contributed by atoms with Crippen molar-refractivity contribution in [3.8, 4) is 0 Å². The molecule has 0 atom stereocenters. The zero-order valence-electron chi connectivity index (χ0n) is 2.98. The summed E-state index contributed by atoms with van der Waals surface area (Å²) in [5, 5.41) is 0. The van der Waals surface area contributed by atoms with Gasteiger partial charge in [0.25, 0.3) is 0 Å². The van der Waals surface area contributed by atoms with E-state index >= 15 is 0 Å². The van der Waals surface area contributed by atoms with Crippen LogP contribution in [0.25, 0.3) is 0 Å². The molecule has 0 aliphatic heterocycles. The molecule has 0 aliphatic rings. The summed E-state index contributed by atoms with van der Waals surface area (Å²) in [6.07, 6.45) is 1.10. The maximum atomic E-state index is 9.83. The van der Waals surface area contributed by atoms with Gasteiger partial charge in [0.2, 0.25) is 0 Å². The summed E-state index contributed by atoms with van der Waals surface area (Å²) in [7, 11) is 0. The second-order valence-corrected chi connectivity index (χ2v) is 1.04. The fourth-order valence-electron chi connectivity index (χ4n) is 0.0315. The Balaban J connectivity index is 3.23. The highest BCUT2D eigenvalue weighted by Gasteiger charge is 1.84. The average Bonchev–Trinajstić information content (AvgIpc) is 1.65. The van der Waals surface area contributed by atoms with Crippen LogP contribution in [0.15, 0.2) is 12.7 Å². The molecule has 0 saturated heterocycles. The number of hydrogen-bond acceptors (Lipinski definition) is 2. The Morgan fingerprint density at radius 3 is 2.50 bits per heavy atom. The van der Waals surface area contributed by atoms with Crippen LogP contribution in [0, 0.1) is 0 Å². The van der Waals surface area contributed by atoms with Crippen LogP contribution in [0.4, 0.5) is 0 Å². The van der Waals surface area contributed by atoms with Crippen LogP contribution in [-0.4, -0.2) is 5.97 Å². The lowest BCUT2D eigenvalue weighted by atomic mass is 10.7. The summed E-state index contributed by atoms with van der Waals surface area (Å²) in [6.45, 7) is 3.15. The van der Waals surface area contributed by atoms with Crippen molar-refractivity contribution in [2.24, 2.45) is 0 Å². The molecule has 0 radical (unpaired) electrons. The van der Waals surface area contributed by atoms with E-state index in [1.165, 1.54) is 23.0 Å². The lowest BCUT2D eigenvalue weighted by molar-refractivity contribution is -0.126. The van der Waals surface area contributed by atoms with Gasteiger partial charge in [-0.05, 0) is 0 Å². The lowest BCUT2D eigenvalue weighted by Crippen LogP contribution is -1.85. The Kier molecular flexibility index (Phi) is 3.11. The molecule has 0 rings (SSSR count). The number of carbonyl (C=O) groups excluding carboxylic acids is 1. The average molecular weight is 198 g/mol. The molecule has 0 heterocycles. The van der Waals surface area contributed by atoms with E-state index < -0.39 is 5.97 Å². The van der Waals surface area contributed by atoms with Crippen LogP contribution < -0.4 is 0 Å². The van der Waals surface area contributed by atoms with E-state index in [0.29, 0.717) is 0 Å². The molecule has 0 aromatic heterocycles. The van der Waals surface area contributed by atoms with Crippen LogP contribution in [0.5, 0.6) is 0 Å². The molecule has 0 N–H and O–H groups in total. The second kappa shape index (κ2) is 3.14. The minimum absolute atomic E-state index is 0.407. The van der Waals surface area contributed by atoms with Crippen molar-refractivity contribution in [1.29, 1.82) is 0 Å². The molecule has 0 saturated carbocycles. The Bertz CT molecular complexity index is 69.2. The third kappa shape index (κ3) is 2.19. The maximum Gasteiger partial charge on any atom is 0.339 e. The van der Waals surface area contributed by atoms with E-state index in [-0.39, 0.29) is 0 Å². The van der Waals surface area contributed by atoms with Crippen LogP contribution in [-0.2, 0) is 7.86 Å². The van der Waals surface area contributed by atoms with Gasteiger partial charge in [-0.15, -0.1) is 0 Å². The first-order valence-corrected chi connectivity index (χ1v) is 2.14. The van der Waals surface area contributed by atoms with Crippen molar-refractivity contribution in [3.05, 3.63) is 12.7 Å². The summed E-state index contributed by atoms with van der Waals surface area (Å²) in [4.78, 5) is 9.83. The minimum Gasteiger partial charge on any atom is -0.391 e. The van der Waals surface area contributed by atoms with Gasteiger partial charge in [-0.2, -0.15) is 0 Å².